The van der Waals surface area contributed by atoms with Crippen LogP contribution in [0.5, 0.6) is 0 Å². The van der Waals surface area contributed by atoms with E-state index in [-0.39, 0.29) is 39.5 Å². The van der Waals surface area contributed by atoms with E-state index in [2.05, 4.69) is 10.3 Å². The normalized spacial score (nSPS) is 16.3. The number of morpholine rings is 1. The van der Waals surface area contributed by atoms with Crippen LogP contribution >= 0.6 is 11.6 Å². The van der Waals surface area contributed by atoms with Gasteiger partial charge in [-0.05, 0) is 42.5 Å². The number of nitrogens with one attached hydrogen (secondary N) is 1. The van der Waals surface area contributed by atoms with Crippen molar-refractivity contribution in [1.29, 1.82) is 0 Å². The molecule has 1 aliphatic carbocycles. The van der Waals surface area contributed by atoms with E-state index in [0.29, 0.717) is 31.9 Å². The Morgan fingerprint density at radius 1 is 1.30 bits per heavy atom. The van der Waals surface area contributed by atoms with E-state index >= 15 is 0 Å². The maximum absolute atomic E-state index is 14.9. The molecule has 2 aliphatic rings. The SMILES string of the molecule is COC(=O)c1cc(F)c(Nc2nccc(C(=O)N3CCOCC3)c2Cl)c(C2CC2)c1. The predicted molar refractivity (Wildman–Crippen MR) is 109 cm³/mol. The maximum Gasteiger partial charge on any atom is 0.337 e. The largest absolute Gasteiger partial charge is 0.465 e. The summed E-state index contributed by atoms with van der Waals surface area (Å²) in [7, 11) is 1.25. The van der Waals surface area contributed by atoms with Gasteiger partial charge in [0, 0.05) is 19.3 Å². The number of esters is 1. The van der Waals surface area contributed by atoms with Gasteiger partial charge in [-0.1, -0.05) is 11.6 Å². The summed E-state index contributed by atoms with van der Waals surface area (Å²) in [5.41, 5.74) is 1.31. The monoisotopic (exact) mass is 433 g/mol. The minimum absolute atomic E-state index is 0.118. The third-order valence-corrected chi connectivity index (χ3v) is 5.60. The van der Waals surface area contributed by atoms with E-state index in [1.165, 1.54) is 13.3 Å². The number of anilines is 2. The smallest absolute Gasteiger partial charge is 0.337 e. The highest BCUT2D eigenvalue weighted by Gasteiger charge is 2.30. The Bertz CT molecular complexity index is 990. The van der Waals surface area contributed by atoms with E-state index < -0.39 is 11.8 Å². The third-order valence-electron chi connectivity index (χ3n) is 5.22. The number of hydrogen-bond donors (Lipinski definition) is 1. The second-order valence-electron chi connectivity index (χ2n) is 7.24. The quantitative estimate of drug-likeness (QED) is 0.723. The van der Waals surface area contributed by atoms with Gasteiger partial charge in [0.25, 0.3) is 5.91 Å². The molecule has 7 nitrogen and oxygen atoms in total. The molecule has 4 rings (SSSR count). The van der Waals surface area contributed by atoms with Crippen molar-refractivity contribution in [3.8, 4) is 0 Å². The van der Waals surface area contributed by atoms with Gasteiger partial charge in [-0.2, -0.15) is 0 Å². The fourth-order valence-electron chi connectivity index (χ4n) is 3.46. The zero-order valence-corrected chi connectivity index (χ0v) is 17.2. The first-order valence-corrected chi connectivity index (χ1v) is 10.1. The Hall–Kier alpha value is -2.71. The zero-order chi connectivity index (χ0) is 21.3. The predicted octanol–water partition coefficient (Wildman–Crippen LogP) is 3.75. The van der Waals surface area contributed by atoms with Crippen molar-refractivity contribution in [2.75, 3.05) is 38.7 Å². The van der Waals surface area contributed by atoms with E-state index in [4.69, 9.17) is 21.1 Å². The molecule has 158 valence electrons. The molecule has 9 heteroatoms. The number of halogens is 2. The summed E-state index contributed by atoms with van der Waals surface area (Å²) < 4.78 is 24.9. The molecule has 1 aliphatic heterocycles. The number of pyridine rings is 1. The lowest BCUT2D eigenvalue weighted by Gasteiger charge is -2.27. The van der Waals surface area contributed by atoms with Crippen molar-refractivity contribution in [2.45, 2.75) is 18.8 Å². The topological polar surface area (TPSA) is 80.8 Å². The first-order valence-electron chi connectivity index (χ1n) is 9.70. The molecule has 0 radical (unpaired) electrons. The fourth-order valence-corrected chi connectivity index (χ4v) is 3.70. The van der Waals surface area contributed by atoms with Gasteiger partial charge in [0.1, 0.15) is 11.6 Å². The number of hydrogen-bond acceptors (Lipinski definition) is 6. The Morgan fingerprint density at radius 3 is 2.70 bits per heavy atom. The van der Waals surface area contributed by atoms with Crippen LogP contribution in [0.2, 0.25) is 5.02 Å². The number of carbonyl (C=O) groups is 2. The number of ether oxygens (including phenoxy) is 2. The van der Waals surface area contributed by atoms with Gasteiger partial charge in [0.15, 0.2) is 0 Å². The molecule has 0 bridgehead atoms. The van der Waals surface area contributed by atoms with E-state index in [9.17, 15) is 14.0 Å². The summed E-state index contributed by atoms with van der Waals surface area (Å²) in [4.78, 5) is 30.6. The molecule has 1 aromatic carbocycles. The van der Waals surface area contributed by atoms with Gasteiger partial charge in [-0.15, -0.1) is 0 Å². The maximum atomic E-state index is 14.9. The molecule has 2 aromatic rings. The van der Waals surface area contributed by atoms with Crippen molar-refractivity contribution in [3.63, 3.8) is 0 Å². The molecule has 0 spiro atoms. The fraction of sp³-hybridized carbons (Fsp3) is 0.381. The van der Waals surface area contributed by atoms with Crippen LogP contribution in [-0.4, -0.2) is 55.2 Å². The minimum Gasteiger partial charge on any atom is -0.465 e. The molecule has 1 aromatic heterocycles. The third kappa shape index (κ3) is 4.11. The molecule has 1 amide bonds. The van der Waals surface area contributed by atoms with Crippen LogP contribution in [0.4, 0.5) is 15.9 Å². The lowest BCUT2D eigenvalue weighted by molar-refractivity contribution is 0.0303. The molecular weight excluding hydrogens is 413 g/mol. The average Bonchev–Trinajstić information content (AvgIpc) is 3.61. The lowest BCUT2D eigenvalue weighted by atomic mass is 10.0. The molecule has 0 unspecified atom stereocenters. The minimum atomic E-state index is -0.609. The van der Waals surface area contributed by atoms with Crippen LogP contribution in [0.15, 0.2) is 24.4 Å². The van der Waals surface area contributed by atoms with Crippen molar-refractivity contribution in [2.24, 2.45) is 0 Å². The number of benzene rings is 1. The lowest BCUT2D eigenvalue weighted by Crippen LogP contribution is -2.40. The van der Waals surface area contributed by atoms with Crippen LogP contribution < -0.4 is 5.32 Å². The van der Waals surface area contributed by atoms with Crippen LogP contribution in [0.1, 0.15) is 45.0 Å². The Labute approximate surface area is 178 Å². The number of aromatic nitrogens is 1. The summed E-state index contributed by atoms with van der Waals surface area (Å²) in [6.07, 6.45) is 3.25. The second kappa shape index (κ2) is 8.57. The van der Waals surface area contributed by atoms with Gasteiger partial charge in [-0.3, -0.25) is 4.79 Å². The van der Waals surface area contributed by atoms with Gasteiger partial charge >= 0.3 is 5.97 Å². The highest BCUT2D eigenvalue weighted by Crippen LogP contribution is 2.45. The van der Waals surface area contributed by atoms with Crippen LogP contribution in [0, 0.1) is 5.82 Å². The van der Waals surface area contributed by atoms with Crippen LogP contribution in [0.25, 0.3) is 0 Å². The number of carbonyl (C=O) groups excluding carboxylic acids is 2. The Balaban J connectivity index is 1.66. The number of rotatable bonds is 5. The summed E-state index contributed by atoms with van der Waals surface area (Å²) in [5.74, 6) is -1.11. The van der Waals surface area contributed by atoms with Gasteiger partial charge < -0.3 is 19.7 Å². The van der Waals surface area contributed by atoms with E-state index in [1.54, 1.807) is 17.0 Å². The van der Waals surface area contributed by atoms with Gasteiger partial charge in [0.2, 0.25) is 0 Å². The van der Waals surface area contributed by atoms with Crippen molar-refractivity contribution in [1.82, 2.24) is 9.88 Å². The molecule has 1 N–H and O–H groups in total. The highest BCUT2D eigenvalue weighted by atomic mass is 35.5. The molecule has 30 heavy (non-hydrogen) atoms. The van der Waals surface area contributed by atoms with Crippen LogP contribution in [-0.2, 0) is 9.47 Å². The number of methoxy groups -OCH3 is 1. The van der Waals surface area contributed by atoms with E-state index in [0.717, 1.165) is 18.9 Å². The van der Waals surface area contributed by atoms with Crippen molar-refractivity contribution >= 4 is 35.0 Å². The summed E-state index contributed by atoms with van der Waals surface area (Å²) in [6, 6.07) is 4.30. The van der Waals surface area contributed by atoms with Gasteiger partial charge in [0.05, 0.1) is 42.2 Å². The average molecular weight is 434 g/mol. The van der Waals surface area contributed by atoms with E-state index in [1.807, 2.05) is 0 Å². The van der Waals surface area contributed by atoms with Crippen molar-refractivity contribution in [3.05, 3.63) is 51.9 Å². The number of nitrogens with zero attached hydrogens (tertiary/aromatic N) is 2. The summed E-state index contributed by atoms with van der Waals surface area (Å²) in [6.45, 7) is 1.91. The molecule has 0 atom stereocenters. The first kappa shape index (κ1) is 20.6. The summed E-state index contributed by atoms with van der Waals surface area (Å²) in [5, 5.41) is 3.06. The Morgan fingerprint density at radius 2 is 2.03 bits per heavy atom. The standard InChI is InChI=1S/C21H21ClFN3O4/c1-29-21(28)13-10-15(12-2-3-12)18(16(23)11-13)25-19-17(22)14(4-5-24-19)20(27)26-6-8-30-9-7-26/h4-5,10-12H,2-3,6-9H2,1H3,(H,24,25). The molecule has 1 saturated heterocycles. The molecule has 2 fully saturated rings. The second-order valence-corrected chi connectivity index (χ2v) is 7.62. The molecule has 1 saturated carbocycles. The van der Waals surface area contributed by atoms with Crippen LogP contribution in [0.3, 0.4) is 0 Å². The van der Waals surface area contributed by atoms with Crippen molar-refractivity contribution < 1.29 is 23.5 Å². The highest BCUT2D eigenvalue weighted by molar-refractivity contribution is 6.36. The number of amides is 1. The Kier molecular flexibility index (Phi) is 5.87. The van der Waals surface area contributed by atoms with Gasteiger partial charge in [-0.25, -0.2) is 14.2 Å². The summed E-state index contributed by atoms with van der Waals surface area (Å²) >= 11 is 6.48. The molecular formula is C21H21ClFN3O4. The molecule has 2 heterocycles. The zero-order valence-electron chi connectivity index (χ0n) is 16.4. The first-order chi connectivity index (χ1) is 14.5.